The van der Waals surface area contributed by atoms with Crippen molar-refractivity contribution < 1.29 is 9.84 Å². The summed E-state index contributed by atoms with van der Waals surface area (Å²) in [5, 5.41) is 13.4. The van der Waals surface area contributed by atoms with Crippen molar-refractivity contribution in [3.63, 3.8) is 0 Å². The van der Waals surface area contributed by atoms with E-state index in [9.17, 15) is 5.11 Å². The van der Waals surface area contributed by atoms with Gasteiger partial charge < -0.3 is 15.6 Å². The van der Waals surface area contributed by atoms with E-state index in [1.165, 1.54) is 10.8 Å². The van der Waals surface area contributed by atoms with E-state index in [2.05, 4.69) is 22.0 Å². The van der Waals surface area contributed by atoms with Gasteiger partial charge in [-0.15, -0.1) is 0 Å². The maximum absolute atomic E-state index is 9.22. The highest BCUT2D eigenvalue weighted by Crippen LogP contribution is 2.37. The van der Waals surface area contributed by atoms with Crippen LogP contribution in [-0.4, -0.2) is 37.4 Å². The Bertz CT molecular complexity index is 570. The van der Waals surface area contributed by atoms with Crippen LogP contribution in [0.15, 0.2) is 12.5 Å². The van der Waals surface area contributed by atoms with Gasteiger partial charge in [-0.25, -0.2) is 9.97 Å². The van der Waals surface area contributed by atoms with Crippen molar-refractivity contribution in [2.45, 2.75) is 25.6 Å². The van der Waals surface area contributed by atoms with Crippen molar-refractivity contribution in [3.8, 4) is 0 Å². The molecule has 3 atom stereocenters. The number of fused-ring (bicyclic) bond motifs is 1. The Morgan fingerprint density at radius 2 is 2.39 bits per heavy atom. The summed E-state index contributed by atoms with van der Waals surface area (Å²) in [6, 6.07) is 0. The molecule has 1 fully saturated rings. The minimum Gasteiger partial charge on any atom is -0.394 e. The number of nitrogen functional groups attached to an aromatic ring is 1. The maximum atomic E-state index is 9.22. The predicted octanol–water partition coefficient (Wildman–Crippen LogP) is 0.165. The fourth-order valence-electron chi connectivity index (χ4n) is 2.39. The average molecular weight is 249 g/mol. The third kappa shape index (κ3) is 1.63. The molecule has 2 aromatic rings. The van der Waals surface area contributed by atoms with Gasteiger partial charge in [-0.3, -0.25) is 0 Å². The summed E-state index contributed by atoms with van der Waals surface area (Å²) < 4.78 is 7.31. The normalized spacial score (nSPS) is 28.0. The Kier molecular flexibility index (Phi) is 2.64. The molecule has 0 bridgehead atoms. The van der Waals surface area contributed by atoms with Gasteiger partial charge in [0.15, 0.2) is 5.65 Å². The number of hydrogen-bond acceptors (Lipinski definition) is 6. The Morgan fingerprint density at radius 1 is 1.56 bits per heavy atom. The van der Waals surface area contributed by atoms with Crippen molar-refractivity contribution in [2.24, 2.45) is 5.92 Å². The van der Waals surface area contributed by atoms with E-state index in [1.807, 2.05) is 0 Å². The van der Waals surface area contributed by atoms with E-state index >= 15 is 0 Å². The predicted molar refractivity (Wildman–Crippen MR) is 63.7 cm³/mol. The van der Waals surface area contributed by atoms with Crippen LogP contribution in [0.4, 0.5) is 5.95 Å². The summed E-state index contributed by atoms with van der Waals surface area (Å²) in [4.78, 5) is 8.07. The Balaban J connectivity index is 1.99. The topological polar surface area (TPSA) is 98.6 Å². The van der Waals surface area contributed by atoms with Gasteiger partial charge in [-0.1, -0.05) is 6.92 Å². The second-order valence-corrected chi connectivity index (χ2v) is 4.63. The van der Waals surface area contributed by atoms with Gasteiger partial charge in [0.05, 0.1) is 25.0 Å². The van der Waals surface area contributed by atoms with Crippen molar-refractivity contribution in [1.29, 1.82) is 0 Å². The minimum atomic E-state index is -0.121. The van der Waals surface area contributed by atoms with E-state index < -0.39 is 0 Å². The van der Waals surface area contributed by atoms with Crippen LogP contribution in [0.25, 0.3) is 5.65 Å². The lowest BCUT2D eigenvalue weighted by molar-refractivity contribution is 0.00132. The number of anilines is 1. The molecule has 1 aliphatic heterocycles. The highest BCUT2D eigenvalue weighted by atomic mass is 16.5. The largest absolute Gasteiger partial charge is 0.394 e. The second-order valence-electron chi connectivity index (χ2n) is 4.63. The molecule has 0 saturated carbocycles. The van der Waals surface area contributed by atoms with Crippen LogP contribution < -0.4 is 5.73 Å². The van der Waals surface area contributed by atoms with Gasteiger partial charge in [0.1, 0.15) is 6.33 Å². The molecular formula is C11H15N5O2. The van der Waals surface area contributed by atoms with Crippen molar-refractivity contribution >= 4 is 11.6 Å². The van der Waals surface area contributed by atoms with Gasteiger partial charge in [0.25, 0.3) is 0 Å². The molecule has 96 valence electrons. The number of aliphatic hydroxyl groups is 1. The quantitative estimate of drug-likeness (QED) is 0.787. The molecule has 3 rings (SSSR count). The summed E-state index contributed by atoms with van der Waals surface area (Å²) in [7, 11) is 0. The molecule has 0 radical (unpaired) electrons. The molecule has 0 amide bonds. The van der Waals surface area contributed by atoms with Gasteiger partial charge in [0.2, 0.25) is 5.95 Å². The van der Waals surface area contributed by atoms with Crippen LogP contribution in [0.2, 0.25) is 0 Å². The van der Waals surface area contributed by atoms with E-state index in [0.29, 0.717) is 17.5 Å². The smallest absolute Gasteiger partial charge is 0.224 e. The first-order valence-electron chi connectivity index (χ1n) is 5.91. The zero-order valence-electron chi connectivity index (χ0n) is 10.0. The third-order valence-electron chi connectivity index (χ3n) is 3.44. The Hall–Kier alpha value is -1.73. The lowest BCUT2D eigenvalue weighted by Crippen LogP contribution is -2.17. The summed E-state index contributed by atoms with van der Waals surface area (Å²) >= 11 is 0. The zero-order chi connectivity index (χ0) is 12.7. The lowest BCUT2D eigenvalue weighted by atomic mass is 10.00. The highest BCUT2D eigenvalue weighted by Gasteiger charge is 2.34. The van der Waals surface area contributed by atoms with Crippen LogP contribution in [0.3, 0.4) is 0 Å². The van der Waals surface area contributed by atoms with Crippen LogP contribution >= 0.6 is 0 Å². The van der Waals surface area contributed by atoms with E-state index in [1.54, 1.807) is 6.20 Å². The molecule has 2 aromatic heterocycles. The van der Waals surface area contributed by atoms with Gasteiger partial charge in [0, 0.05) is 5.56 Å². The molecule has 3 N–H and O–H groups in total. The number of ether oxygens (including phenoxy) is 1. The van der Waals surface area contributed by atoms with Crippen LogP contribution in [-0.2, 0) is 4.74 Å². The van der Waals surface area contributed by atoms with Gasteiger partial charge >= 0.3 is 0 Å². The number of rotatable bonds is 2. The number of aliphatic hydroxyl groups excluding tert-OH is 1. The summed E-state index contributed by atoms with van der Waals surface area (Å²) in [5.74, 6) is 0.616. The second kappa shape index (κ2) is 4.18. The van der Waals surface area contributed by atoms with E-state index in [-0.39, 0.29) is 18.8 Å². The highest BCUT2D eigenvalue weighted by molar-refractivity contribution is 5.50. The first-order chi connectivity index (χ1) is 8.70. The molecule has 0 spiro atoms. The molecule has 0 unspecified atom stereocenters. The van der Waals surface area contributed by atoms with Gasteiger partial charge in [-0.2, -0.15) is 9.61 Å². The van der Waals surface area contributed by atoms with Crippen LogP contribution in [0, 0.1) is 5.92 Å². The van der Waals surface area contributed by atoms with Gasteiger partial charge in [-0.05, 0) is 12.3 Å². The monoisotopic (exact) mass is 249 g/mol. The summed E-state index contributed by atoms with van der Waals surface area (Å²) in [5.41, 5.74) is 7.28. The first-order valence-corrected chi connectivity index (χ1v) is 5.91. The fraction of sp³-hybridized carbons (Fsp3) is 0.545. The molecule has 0 aromatic carbocycles. The molecule has 7 nitrogen and oxygen atoms in total. The molecular weight excluding hydrogens is 234 g/mol. The van der Waals surface area contributed by atoms with E-state index in [0.717, 1.165) is 12.0 Å². The SMILES string of the molecule is C[C@H]1C[C@H](c2cnn3c(N)ncnc23)O[C@@H]1CO. The molecule has 1 aliphatic rings. The number of nitrogens with two attached hydrogens (primary N) is 1. The lowest BCUT2D eigenvalue weighted by Gasteiger charge is -2.11. The molecule has 7 heteroatoms. The molecule has 1 saturated heterocycles. The number of nitrogens with zero attached hydrogens (tertiary/aromatic N) is 4. The van der Waals surface area contributed by atoms with Crippen molar-refractivity contribution in [3.05, 3.63) is 18.1 Å². The van der Waals surface area contributed by atoms with Crippen molar-refractivity contribution in [2.75, 3.05) is 12.3 Å². The average Bonchev–Trinajstić information content (AvgIpc) is 2.93. The Labute approximate surface area is 104 Å². The number of hydrogen-bond donors (Lipinski definition) is 2. The standard InChI is InChI=1S/C11H15N5O2/c1-6-2-8(18-9(6)4-17)7-3-15-16-10(7)13-5-14-11(16)12/h3,5-6,8-9,17H,2,4H2,1H3,(H2,12,13,14)/t6-,8+,9+/m0/s1. The van der Waals surface area contributed by atoms with Crippen LogP contribution in [0.1, 0.15) is 25.0 Å². The van der Waals surface area contributed by atoms with Crippen LogP contribution in [0.5, 0.6) is 0 Å². The first kappa shape index (κ1) is 11.4. The van der Waals surface area contributed by atoms with E-state index in [4.69, 9.17) is 10.5 Å². The minimum absolute atomic E-state index is 0.0357. The summed E-state index contributed by atoms with van der Waals surface area (Å²) in [6.07, 6.45) is 3.75. The molecule has 3 heterocycles. The molecule has 0 aliphatic carbocycles. The maximum Gasteiger partial charge on any atom is 0.224 e. The summed E-state index contributed by atoms with van der Waals surface area (Å²) in [6.45, 7) is 2.10. The zero-order valence-corrected chi connectivity index (χ0v) is 10.0. The van der Waals surface area contributed by atoms with Crippen molar-refractivity contribution in [1.82, 2.24) is 19.6 Å². The molecule has 18 heavy (non-hydrogen) atoms. The third-order valence-corrected chi connectivity index (χ3v) is 3.44. The Morgan fingerprint density at radius 3 is 3.11 bits per heavy atom. The fourth-order valence-corrected chi connectivity index (χ4v) is 2.39. The number of aromatic nitrogens is 4.